The minimum atomic E-state index is -4.59. The molecule has 0 unspecified atom stereocenters. The summed E-state index contributed by atoms with van der Waals surface area (Å²) < 4.78 is 46.9. The van der Waals surface area contributed by atoms with E-state index in [0.29, 0.717) is 39.1 Å². The second kappa shape index (κ2) is 8.95. The number of carboxylic acid groups (broad SMARTS) is 1. The van der Waals surface area contributed by atoms with E-state index in [1.165, 1.54) is 12.1 Å². The average molecular weight is 455 g/mol. The largest absolute Gasteiger partial charge is 0.489 e. The molecular formula is C24H20F3N3O3. The van der Waals surface area contributed by atoms with E-state index in [1.807, 2.05) is 0 Å². The number of halogens is 3. The summed E-state index contributed by atoms with van der Waals surface area (Å²) in [4.78, 5) is 15.3. The van der Waals surface area contributed by atoms with Crippen LogP contribution in [0, 0.1) is 0 Å². The summed E-state index contributed by atoms with van der Waals surface area (Å²) in [6.45, 7) is 0.154. The van der Waals surface area contributed by atoms with E-state index >= 15 is 0 Å². The summed E-state index contributed by atoms with van der Waals surface area (Å²) >= 11 is 0. The lowest BCUT2D eigenvalue weighted by Gasteiger charge is -2.15. The van der Waals surface area contributed by atoms with Gasteiger partial charge in [0.2, 0.25) is 0 Å². The van der Waals surface area contributed by atoms with Crippen LogP contribution in [0.5, 0.6) is 5.75 Å². The molecule has 0 atom stereocenters. The topological polar surface area (TPSA) is 90.4 Å². The fraction of sp³-hybridized carbons (Fsp3) is 0.167. The van der Waals surface area contributed by atoms with Crippen LogP contribution < -0.4 is 10.5 Å². The highest BCUT2D eigenvalue weighted by Crippen LogP contribution is 2.36. The number of rotatable bonds is 7. The van der Waals surface area contributed by atoms with Gasteiger partial charge in [-0.05, 0) is 53.1 Å². The molecule has 0 aliphatic rings. The van der Waals surface area contributed by atoms with Crippen LogP contribution in [-0.2, 0) is 30.7 Å². The second-order valence-corrected chi connectivity index (χ2v) is 7.44. The number of hydrogen-bond acceptors (Lipinski definition) is 4. The average Bonchev–Trinajstić information content (AvgIpc) is 3.22. The molecule has 33 heavy (non-hydrogen) atoms. The lowest BCUT2D eigenvalue weighted by Crippen LogP contribution is -2.15. The smallest absolute Gasteiger partial charge is 0.488 e. The molecule has 0 spiro atoms. The van der Waals surface area contributed by atoms with Crippen molar-refractivity contribution >= 4 is 16.9 Å². The summed E-state index contributed by atoms with van der Waals surface area (Å²) in [5, 5.41) is 9.53. The van der Waals surface area contributed by atoms with Gasteiger partial charge in [0.1, 0.15) is 12.4 Å². The predicted octanol–water partition coefficient (Wildman–Crippen LogP) is 4.84. The van der Waals surface area contributed by atoms with Gasteiger partial charge in [0.05, 0.1) is 17.6 Å². The number of aliphatic carboxylic acids is 1. The number of ether oxygens (including phenoxy) is 1. The molecule has 6 nitrogen and oxygen atoms in total. The fourth-order valence-corrected chi connectivity index (χ4v) is 3.72. The van der Waals surface area contributed by atoms with Crippen molar-refractivity contribution in [3.05, 3.63) is 83.8 Å². The molecule has 0 aliphatic heterocycles. The highest BCUT2D eigenvalue weighted by atomic mass is 19.4. The maximum atomic E-state index is 13.6. The third kappa shape index (κ3) is 4.83. The van der Waals surface area contributed by atoms with Gasteiger partial charge < -0.3 is 15.6 Å². The van der Waals surface area contributed by atoms with Gasteiger partial charge in [-0.15, -0.1) is 13.2 Å². The Morgan fingerprint density at radius 2 is 1.91 bits per heavy atom. The van der Waals surface area contributed by atoms with Gasteiger partial charge in [0.15, 0.2) is 0 Å². The number of pyridine rings is 1. The first-order valence-corrected chi connectivity index (χ1v) is 10.1. The van der Waals surface area contributed by atoms with Crippen LogP contribution in [0.15, 0.2) is 67.0 Å². The Kier molecular flexibility index (Phi) is 6.06. The number of benzene rings is 2. The molecule has 0 saturated carbocycles. The van der Waals surface area contributed by atoms with Crippen molar-refractivity contribution in [3.63, 3.8) is 0 Å². The number of hydrogen-bond donors (Lipinski definition) is 2. The molecular weight excluding hydrogens is 435 g/mol. The molecule has 2 heterocycles. The molecule has 2 aromatic heterocycles. The van der Waals surface area contributed by atoms with Gasteiger partial charge >= 0.3 is 12.3 Å². The molecule has 3 N–H and O–H groups in total. The molecule has 0 bridgehead atoms. The molecule has 170 valence electrons. The number of alkyl halides is 3. The van der Waals surface area contributed by atoms with Crippen molar-refractivity contribution in [2.75, 3.05) is 0 Å². The SMILES string of the molecule is NCc1cc(-c2cc(COc3ccccc3CC(=O)O)cc3c2ccn3C(F)(F)F)ccn1. The van der Waals surface area contributed by atoms with Gasteiger partial charge in [-0.25, -0.2) is 0 Å². The van der Waals surface area contributed by atoms with Crippen LogP contribution in [0.4, 0.5) is 13.2 Å². The lowest BCUT2D eigenvalue weighted by molar-refractivity contribution is -0.200. The summed E-state index contributed by atoms with van der Waals surface area (Å²) in [6.07, 6.45) is -2.26. The van der Waals surface area contributed by atoms with E-state index in [9.17, 15) is 18.0 Å². The van der Waals surface area contributed by atoms with E-state index in [4.69, 9.17) is 15.6 Å². The number of carbonyl (C=O) groups is 1. The Bertz CT molecular complexity index is 1320. The van der Waals surface area contributed by atoms with E-state index in [1.54, 1.807) is 48.7 Å². The van der Waals surface area contributed by atoms with Crippen LogP contribution in [-0.4, -0.2) is 20.6 Å². The van der Waals surface area contributed by atoms with Crippen LogP contribution in [0.1, 0.15) is 16.8 Å². The molecule has 0 amide bonds. The quantitative estimate of drug-likeness (QED) is 0.416. The highest BCUT2D eigenvalue weighted by molar-refractivity contribution is 5.96. The number of aromatic nitrogens is 2. The summed E-state index contributed by atoms with van der Waals surface area (Å²) in [6, 6.07) is 14.7. The van der Waals surface area contributed by atoms with Crippen molar-refractivity contribution in [2.24, 2.45) is 5.73 Å². The standard InChI is InChI=1S/C24H20F3N3O3/c25-24(26,27)30-8-6-19-20(16-5-7-29-18(11-16)13-28)9-15(10-21(19)30)14-33-22-4-2-1-3-17(22)12-23(31)32/h1-11H,12-14,28H2,(H,31,32). The Hall–Kier alpha value is -3.85. The molecule has 0 aliphatic carbocycles. The maximum absolute atomic E-state index is 13.6. The zero-order chi connectivity index (χ0) is 23.6. The predicted molar refractivity (Wildman–Crippen MR) is 116 cm³/mol. The first-order chi connectivity index (χ1) is 15.8. The molecule has 9 heteroatoms. The maximum Gasteiger partial charge on any atom is 0.488 e. The van der Waals surface area contributed by atoms with E-state index < -0.39 is 12.3 Å². The van der Waals surface area contributed by atoms with Gasteiger partial charge in [-0.3, -0.25) is 14.3 Å². The number of para-hydroxylation sites is 1. The van der Waals surface area contributed by atoms with E-state index in [2.05, 4.69) is 4.98 Å². The van der Waals surface area contributed by atoms with Crippen LogP contribution in [0.2, 0.25) is 0 Å². The normalized spacial score (nSPS) is 11.6. The molecule has 4 rings (SSSR count). The van der Waals surface area contributed by atoms with E-state index in [0.717, 1.165) is 6.20 Å². The minimum absolute atomic E-state index is 0.0106. The van der Waals surface area contributed by atoms with Gasteiger partial charge in [-0.1, -0.05) is 18.2 Å². The molecule has 2 aromatic carbocycles. The van der Waals surface area contributed by atoms with Gasteiger partial charge in [-0.2, -0.15) is 0 Å². The van der Waals surface area contributed by atoms with Crippen molar-refractivity contribution in [2.45, 2.75) is 25.9 Å². The van der Waals surface area contributed by atoms with E-state index in [-0.39, 0.29) is 29.7 Å². The Labute approximate surface area is 187 Å². The third-order valence-corrected chi connectivity index (χ3v) is 5.19. The lowest BCUT2D eigenvalue weighted by atomic mass is 9.99. The summed E-state index contributed by atoms with van der Waals surface area (Å²) in [5.74, 6) is -0.645. The van der Waals surface area contributed by atoms with Crippen LogP contribution >= 0.6 is 0 Å². The molecule has 0 saturated heterocycles. The number of carboxylic acids is 1. The van der Waals surface area contributed by atoms with Crippen LogP contribution in [0.3, 0.4) is 0 Å². The van der Waals surface area contributed by atoms with Crippen molar-refractivity contribution in [1.29, 1.82) is 0 Å². The number of nitrogens with zero attached hydrogens (tertiary/aromatic N) is 2. The second-order valence-electron chi connectivity index (χ2n) is 7.44. The Morgan fingerprint density at radius 3 is 2.64 bits per heavy atom. The number of fused-ring (bicyclic) bond motifs is 1. The fourth-order valence-electron chi connectivity index (χ4n) is 3.72. The van der Waals surface area contributed by atoms with Gasteiger partial charge in [0.25, 0.3) is 0 Å². The summed E-state index contributed by atoms with van der Waals surface area (Å²) in [5.41, 5.74) is 8.53. The molecule has 0 fully saturated rings. The Morgan fingerprint density at radius 1 is 1.12 bits per heavy atom. The zero-order valence-electron chi connectivity index (χ0n) is 17.3. The zero-order valence-corrected chi connectivity index (χ0v) is 17.3. The molecule has 0 radical (unpaired) electrons. The van der Waals surface area contributed by atoms with Crippen LogP contribution in [0.25, 0.3) is 22.0 Å². The number of nitrogens with two attached hydrogens (primary N) is 1. The van der Waals surface area contributed by atoms with Crippen molar-refractivity contribution in [1.82, 2.24) is 9.55 Å². The third-order valence-electron chi connectivity index (χ3n) is 5.19. The molecule has 4 aromatic rings. The summed E-state index contributed by atoms with van der Waals surface area (Å²) in [7, 11) is 0. The van der Waals surface area contributed by atoms with Crippen molar-refractivity contribution in [3.8, 4) is 16.9 Å². The minimum Gasteiger partial charge on any atom is -0.489 e. The highest BCUT2D eigenvalue weighted by Gasteiger charge is 2.32. The Balaban J connectivity index is 1.78. The first kappa shape index (κ1) is 22.3. The van der Waals surface area contributed by atoms with Crippen molar-refractivity contribution < 1.29 is 27.8 Å². The first-order valence-electron chi connectivity index (χ1n) is 10.1. The van der Waals surface area contributed by atoms with Gasteiger partial charge in [0, 0.05) is 29.9 Å². The monoisotopic (exact) mass is 455 g/mol.